The summed E-state index contributed by atoms with van der Waals surface area (Å²) in [6, 6.07) is 15.7. The van der Waals surface area contributed by atoms with Gasteiger partial charge in [-0.25, -0.2) is 13.1 Å². The molecule has 3 rings (SSSR count). The summed E-state index contributed by atoms with van der Waals surface area (Å²) in [6.45, 7) is 1.75. The summed E-state index contributed by atoms with van der Waals surface area (Å²) >= 11 is 0. The fourth-order valence-electron chi connectivity index (χ4n) is 2.67. The van der Waals surface area contributed by atoms with E-state index in [4.69, 9.17) is 10.00 Å². The van der Waals surface area contributed by atoms with Gasteiger partial charge in [0.25, 0.3) is 0 Å². The lowest BCUT2D eigenvalue weighted by molar-refractivity contribution is 0.314. The number of fused-ring (bicyclic) bond motifs is 1. The molecule has 0 fully saturated rings. The molecule has 2 N–H and O–H groups in total. The molecule has 0 unspecified atom stereocenters. The second-order valence-electron chi connectivity index (χ2n) is 5.99. The Labute approximate surface area is 164 Å². The quantitative estimate of drug-likeness (QED) is 0.537. The van der Waals surface area contributed by atoms with Crippen LogP contribution in [-0.4, -0.2) is 39.6 Å². The molecule has 0 spiro atoms. The molecule has 1 aromatic heterocycles. The molecule has 1 heterocycles. The third kappa shape index (κ3) is 5.04. The molecule has 0 saturated carbocycles. The first-order valence-corrected chi connectivity index (χ1v) is 10.2. The number of pyridine rings is 1. The molecule has 0 aliphatic heterocycles. The van der Waals surface area contributed by atoms with Crippen molar-refractivity contribution < 1.29 is 13.2 Å². The molecule has 0 radical (unpaired) electrons. The summed E-state index contributed by atoms with van der Waals surface area (Å²) < 4.78 is 33.3. The van der Waals surface area contributed by atoms with E-state index < -0.39 is 10.0 Å². The summed E-state index contributed by atoms with van der Waals surface area (Å²) in [5.74, 6) is 0.687. The summed E-state index contributed by atoms with van der Waals surface area (Å²) in [7, 11) is -3.60. The molecule has 0 bridgehead atoms. The minimum atomic E-state index is -3.60. The number of hydrogen-bond acceptors (Lipinski definition) is 6. The lowest BCUT2D eigenvalue weighted by atomic mass is 10.2. The van der Waals surface area contributed by atoms with Crippen LogP contribution in [0, 0.1) is 11.3 Å². The van der Waals surface area contributed by atoms with Crippen molar-refractivity contribution in [3.63, 3.8) is 0 Å². The number of hydrogen-bond donors (Lipinski definition) is 2. The average molecular weight is 396 g/mol. The second kappa shape index (κ2) is 9.28. The molecule has 2 aromatic carbocycles. The minimum absolute atomic E-state index is 0.247. The molecule has 0 aliphatic rings. The third-order valence-electron chi connectivity index (χ3n) is 4.06. The monoisotopic (exact) mass is 396 g/mol. The number of ether oxygens (including phenoxy) is 1. The van der Waals surface area contributed by atoms with Crippen LogP contribution in [0.2, 0.25) is 0 Å². The maximum atomic E-state index is 12.6. The molecule has 0 saturated heterocycles. The summed E-state index contributed by atoms with van der Waals surface area (Å²) in [6.07, 6.45) is 3.22. The van der Waals surface area contributed by atoms with Crippen molar-refractivity contribution in [1.82, 2.24) is 15.0 Å². The Morgan fingerprint density at radius 2 is 1.86 bits per heavy atom. The molecule has 7 nitrogen and oxygen atoms in total. The van der Waals surface area contributed by atoms with E-state index in [0.29, 0.717) is 36.4 Å². The van der Waals surface area contributed by atoms with Crippen LogP contribution in [0.5, 0.6) is 5.75 Å². The molecule has 0 amide bonds. The van der Waals surface area contributed by atoms with E-state index in [9.17, 15) is 8.42 Å². The Hall–Kier alpha value is -2.99. The lowest BCUT2D eigenvalue weighted by Gasteiger charge is -2.10. The molecule has 3 aromatic rings. The fourth-order valence-corrected chi connectivity index (χ4v) is 3.93. The number of nitrogens with one attached hydrogen (secondary N) is 2. The van der Waals surface area contributed by atoms with Gasteiger partial charge in [0.2, 0.25) is 10.0 Å². The number of rotatable bonds is 9. The first-order chi connectivity index (χ1) is 13.6. The van der Waals surface area contributed by atoms with Crippen molar-refractivity contribution in [2.45, 2.75) is 4.90 Å². The predicted molar refractivity (Wildman–Crippen MR) is 106 cm³/mol. The summed E-state index contributed by atoms with van der Waals surface area (Å²) in [4.78, 5) is 4.27. The van der Waals surface area contributed by atoms with Crippen LogP contribution >= 0.6 is 0 Å². The maximum absolute atomic E-state index is 12.6. The van der Waals surface area contributed by atoms with E-state index in [1.54, 1.807) is 54.9 Å². The standard InChI is InChI=1S/C20H20N4O3S/c21-14-16-4-6-18(7-5-16)27-13-12-22-10-11-24-28(25,26)20-3-1-2-17-15-23-9-8-19(17)20/h1-9,15,22,24H,10-13H2. The zero-order chi connectivity index (χ0) is 19.8. The van der Waals surface area contributed by atoms with Crippen molar-refractivity contribution in [2.75, 3.05) is 26.2 Å². The van der Waals surface area contributed by atoms with Gasteiger partial charge in [0.15, 0.2) is 0 Å². The van der Waals surface area contributed by atoms with Gasteiger partial charge in [-0.3, -0.25) is 4.98 Å². The van der Waals surface area contributed by atoms with Crippen LogP contribution in [0.25, 0.3) is 10.8 Å². The molecule has 28 heavy (non-hydrogen) atoms. The Morgan fingerprint density at radius 3 is 2.64 bits per heavy atom. The Kier molecular flexibility index (Phi) is 6.55. The van der Waals surface area contributed by atoms with Gasteiger partial charge in [-0.1, -0.05) is 12.1 Å². The van der Waals surface area contributed by atoms with Crippen LogP contribution in [0.1, 0.15) is 5.56 Å². The van der Waals surface area contributed by atoms with Crippen LogP contribution < -0.4 is 14.8 Å². The lowest BCUT2D eigenvalue weighted by Crippen LogP contribution is -2.33. The Morgan fingerprint density at radius 1 is 1.04 bits per heavy atom. The fraction of sp³-hybridized carbons (Fsp3) is 0.200. The smallest absolute Gasteiger partial charge is 0.241 e. The van der Waals surface area contributed by atoms with E-state index in [2.05, 4.69) is 21.1 Å². The third-order valence-corrected chi connectivity index (χ3v) is 5.57. The van der Waals surface area contributed by atoms with Crippen LogP contribution in [-0.2, 0) is 10.0 Å². The highest BCUT2D eigenvalue weighted by molar-refractivity contribution is 7.89. The first kappa shape index (κ1) is 19.8. The van der Waals surface area contributed by atoms with Gasteiger partial charge in [-0.15, -0.1) is 0 Å². The van der Waals surface area contributed by atoms with Crippen LogP contribution in [0.3, 0.4) is 0 Å². The summed E-state index contributed by atoms with van der Waals surface area (Å²) in [5.41, 5.74) is 0.584. The van der Waals surface area contributed by atoms with Crippen LogP contribution in [0.15, 0.2) is 65.8 Å². The van der Waals surface area contributed by atoms with Crippen LogP contribution in [0.4, 0.5) is 0 Å². The molecule has 0 atom stereocenters. The SMILES string of the molecule is N#Cc1ccc(OCCNCCNS(=O)(=O)c2cccc3cnccc23)cc1. The molecule has 0 aliphatic carbocycles. The number of aromatic nitrogens is 1. The van der Waals surface area contributed by atoms with Crippen molar-refractivity contribution in [2.24, 2.45) is 0 Å². The maximum Gasteiger partial charge on any atom is 0.241 e. The predicted octanol–water partition coefficient (Wildman–Crippen LogP) is 2.05. The number of sulfonamides is 1. The average Bonchev–Trinajstić information content (AvgIpc) is 2.73. The van der Waals surface area contributed by atoms with Crippen molar-refractivity contribution in [3.8, 4) is 11.8 Å². The van der Waals surface area contributed by atoms with Crippen molar-refractivity contribution in [1.29, 1.82) is 5.26 Å². The van der Waals surface area contributed by atoms with Crippen molar-refractivity contribution in [3.05, 3.63) is 66.5 Å². The minimum Gasteiger partial charge on any atom is -0.492 e. The van der Waals surface area contributed by atoms with E-state index in [1.807, 2.05) is 6.07 Å². The van der Waals surface area contributed by atoms with Gasteiger partial charge in [0.05, 0.1) is 16.5 Å². The van der Waals surface area contributed by atoms with E-state index in [0.717, 1.165) is 5.39 Å². The van der Waals surface area contributed by atoms with Gasteiger partial charge in [0.1, 0.15) is 12.4 Å². The normalized spacial score (nSPS) is 11.2. The molecular formula is C20H20N4O3S. The van der Waals surface area contributed by atoms with E-state index in [-0.39, 0.29) is 11.4 Å². The van der Waals surface area contributed by atoms with Gasteiger partial charge in [-0.2, -0.15) is 5.26 Å². The number of nitriles is 1. The number of nitrogens with zero attached hydrogens (tertiary/aromatic N) is 2. The highest BCUT2D eigenvalue weighted by atomic mass is 32.2. The molecular weight excluding hydrogens is 376 g/mol. The van der Waals surface area contributed by atoms with Crippen molar-refractivity contribution >= 4 is 20.8 Å². The largest absolute Gasteiger partial charge is 0.492 e. The topological polar surface area (TPSA) is 104 Å². The van der Waals surface area contributed by atoms with Gasteiger partial charge >= 0.3 is 0 Å². The second-order valence-corrected chi connectivity index (χ2v) is 7.72. The van der Waals surface area contributed by atoms with E-state index in [1.165, 1.54) is 0 Å². The highest BCUT2D eigenvalue weighted by Gasteiger charge is 2.16. The summed E-state index contributed by atoms with van der Waals surface area (Å²) in [5, 5.41) is 13.3. The molecule has 144 valence electrons. The number of benzene rings is 2. The Balaban J connectivity index is 1.42. The van der Waals surface area contributed by atoms with E-state index >= 15 is 0 Å². The molecule has 8 heteroatoms. The van der Waals surface area contributed by atoms with Gasteiger partial charge < -0.3 is 10.1 Å². The first-order valence-electron chi connectivity index (χ1n) is 8.76. The zero-order valence-electron chi connectivity index (χ0n) is 15.1. The van der Waals surface area contributed by atoms with Gasteiger partial charge in [0, 0.05) is 42.8 Å². The highest BCUT2D eigenvalue weighted by Crippen LogP contribution is 2.21. The Bertz CT molecular complexity index is 1070. The zero-order valence-corrected chi connectivity index (χ0v) is 15.9. The van der Waals surface area contributed by atoms with Gasteiger partial charge in [-0.05, 0) is 36.4 Å².